The van der Waals surface area contributed by atoms with E-state index in [0.29, 0.717) is 0 Å². The monoisotopic (exact) mass is 798 g/mol. The van der Waals surface area contributed by atoms with Crippen molar-refractivity contribution in [3.8, 4) is 78.5 Å². The Labute approximate surface area is 361 Å². The lowest BCUT2D eigenvalue weighted by molar-refractivity contribution is 0.415. The van der Waals surface area contributed by atoms with Gasteiger partial charge in [0.1, 0.15) is 11.5 Å². The molecule has 1 aromatic heterocycles. The molecule has 0 spiro atoms. The number of hydrogen-bond acceptors (Lipinski definition) is 4. The van der Waals surface area contributed by atoms with E-state index in [-0.39, 0.29) is 0 Å². The smallest absolute Gasteiger partial charge is 0.118 e. The molecule has 9 aromatic carbocycles. The highest BCUT2D eigenvalue weighted by Crippen LogP contribution is 2.47. The third-order valence-corrected chi connectivity index (χ3v) is 12.5. The Hall–Kier alpha value is -7.82. The van der Waals surface area contributed by atoms with Crippen LogP contribution in [0.4, 0.5) is 0 Å². The number of benzene rings is 9. The second-order valence-corrected chi connectivity index (χ2v) is 15.8. The average Bonchev–Trinajstić information content (AvgIpc) is 3.35. The topological polar surface area (TPSA) is 44.2 Å². The summed E-state index contributed by atoms with van der Waals surface area (Å²) in [6.45, 7) is 0. The standard InChI is InChI=1S/C58H42N2O2/c1-61-43-31-27-39(28-32-43)55-49-15-7-3-11-45(49)53(46-12-4-8-16-50(46)55)37-19-23-41(24-20-37)57-58(60-36-35-59-57)42-25-21-38(22-26-42)54-47-13-5-9-17-51(47)56(52-18-10-6-14-48(52)54)40-29-33-44(62-2)34-30-40/h3-9,11-17,19-36H,10,18H2,1-2H3. The zero-order valence-electron chi connectivity index (χ0n) is 34.6. The summed E-state index contributed by atoms with van der Waals surface area (Å²) in [5.74, 6) is 1.71. The maximum absolute atomic E-state index is 5.50. The van der Waals surface area contributed by atoms with Crippen LogP contribution in [-0.4, -0.2) is 24.2 Å². The minimum Gasteiger partial charge on any atom is -0.497 e. The summed E-state index contributed by atoms with van der Waals surface area (Å²) >= 11 is 0. The molecule has 0 saturated heterocycles. The molecule has 0 unspecified atom stereocenters. The second kappa shape index (κ2) is 15.7. The predicted molar refractivity (Wildman–Crippen MR) is 258 cm³/mol. The Morgan fingerprint density at radius 2 is 0.710 bits per heavy atom. The maximum atomic E-state index is 5.50. The molecule has 4 heteroatoms. The SMILES string of the molecule is COc1ccc(-c2c3c(c(-c4ccc(-c5nccnc5-c5ccc(-c6c7ccccc7c(-c7ccc(OC)cc7)c7ccccc67)cc5)cc4)c4ccccc24)C=CCC3)cc1. The van der Waals surface area contributed by atoms with Gasteiger partial charge in [-0.1, -0.05) is 158 Å². The van der Waals surface area contributed by atoms with Crippen molar-refractivity contribution in [3.05, 3.63) is 199 Å². The van der Waals surface area contributed by atoms with E-state index in [1.165, 1.54) is 76.8 Å². The highest BCUT2D eigenvalue weighted by molar-refractivity contribution is 6.21. The van der Waals surface area contributed by atoms with Crippen LogP contribution in [0.1, 0.15) is 17.5 Å². The van der Waals surface area contributed by atoms with Crippen LogP contribution in [0.15, 0.2) is 188 Å². The van der Waals surface area contributed by atoms with Crippen LogP contribution < -0.4 is 9.47 Å². The fourth-order valence-electron chi connectivity index (χ4n) is 9.64. The largest absolute Gasteiger partial charge is 0.497 e. The lowest BCUT2D eigenvalue weighted by Gasteiger charge is -2.24. The third kappa shape index (κ3) is 6.31. The molecule has 0 saturated carbocycles. The molecule has 1 heterocycles. The summed E-state index contributed by atoms with van der Waals surface area (Å²) in [7, 11) is 3.42. The van der Waals surface area contributed by atoms with Gasteiger partial charge in [0.05, 0.1) is 25.6 Å². The van der Waals surface area contributed by atoms with Gasteiger partial charge in [0, 0.05) is 23.5 Å². The predicted octanol–water partition coefficient (Wildman–Crippen LogP) is 14.9. The van der Waals surface area contributed by atoms with Gasteiger partial charge in [0.25, 0.3) is 0 Å². The lowest BCUT2D eigenvalue weighted by Crippen LogP contribution is -2.02. The molecular formula is C58H42N2O2. The zero-order chi connectivity index (χ0) is 41.6. The first-order valence-corrected chi connectivity index (χ1v) is 21.2. The van der Waals surface area contributed by atoms with Gasteiger partial charge < -0.3 is 9.47 Å². The van der Waals surface area contributed by atoms with Gasteiger partial charge in [-0.3, -0.25) is 9.97 Å². The summed E-state index contributed by atoms with van der Waals surface area (Å²) in [6.07, 6.45) is 10.2. The Morgan fingerprint density at radius 3 is 1.13 bits per heavy atom. The van der Waals surface area contributed by atoms with Gasteiger partial charge in [0.15, 0.2) is 0 Å². The molecule has 0 atom stereocenters. The lowest BCUT2D eigenvalue weighted by atomic mass is 9.80. The summed E-state index contributed by atoms with van der Waals surface area (Å²) < 4.78 is 11.0. The molecule has 0 aliphatic heterocycles. The number of fused-ring (bicyclic) bond motifs is 4. The van der Waals surface area contributed by atoms with Crippen molar-refractivity contribution in [1.82, 2.24) is 9.97 Å². The Kier molecular flexibility index (Phi) is 9.39. The van der Waals surface area contributed by atoms with Crippen LogP contribution in [0.2, 0.25) is 0 Å². The molecule has 1 aliphatic rings. The van der Waals surface area contributed by atoms with Crippen molar-refractivity contribution in [2.24, 2.45) is 0 Å². The molecule has 0 fully saturated rings. The van der Waals surface area contributed by atoms with Crippen molar-refractivity contribution in [2.45, 2.75) is 12.8 Å². The Balaban J connectivity index is 0.977. The van der Waals surface area contributed by atoms with Gasteiger partial charge >= 0.3 is 0 Å². The molecule has 10 aromatic rings. The molecule has 296 valence electrons. The van der Waals surface area contributed by atoms with Crippen LogP contribution >= 0.6 is 0 Å². The van der Waals surface area contributed by atoms with E-state index in [1.54, 1.807) is 26.6 Å². The number of allylic oxidation sites excluding steroid dienone is 1. The molecule has 1 aliphatic carbocycles. The van der Waals surface area contributed by atoms with E-state index in [2.05, 4.69) is 170 Å². The van der Waals surface area contributed by atoms with Gasteiger partial charge in [-0.15, -0.1) is 0 Å². The van der Waals surface area contributed by atoms with Crippen molar-refractivity contribution < 1.29 is 9.47 Å². The van der Waals surface area contributed by atoms with Crippen LogP contribution in [0, 0.1) is 0 Å². The zero-order valence-corrected chi connectivity index (χ0v) is 34.6. The van der Waals surface area contributed by atoms with E-state index in [0.717, 1.165) is 58.0 Å². The molecule has 62 heavy (non-hydrogen) atoms. The summed E-state index contributed by atoms with van der Waals surface area (Å²) in [6, 6.07) is 60.9. The van der Waals surface area contributed by atoms with Crippen molar-refractivity contribution in [2.75, 3.05) is 14.2 Å². The minimum atomic E-state index is 0.847. The fourth-order valence-corrected chi connectivity index (χ4v) is 9.64. The summed E-state index contributed by atoms with van der Waals surface area (Å²) in [5, 5.41) is 7.36. The van der Waals surface area contributed by atoms with Crippen LogP contribution in [0.5, 0.6) is 11.5 Å². The molecule has 0 amide bonds. The van der Waals surface area contributed by atoms with Gasteiger partial charge in [-0.05, 0) is 125 Å². The molecule has 0 N–H and O–H groups in total. The van der Waals surface area contributed by atoms with E-state index in [9.17, 15) is 0 Å². The highest BCUT2D eigenvalue weighted by atomic mass is 16.5. The Morgan fingerprint density at radius 1 is 0.371 bits per heavy atom. The summed E-state index contributed by atoms with van der Waals surface area (Å²) in [4.78, 5) is 9.85. The van der Waals surface area contributed by atoms with Gasteiger partial charge in [-0.2, -0.15) is 0 Å². The highest BCUT2D eigenvalue weighted by Gasteiger charge is 2.22. The quantitative estimate of drug-likeness (QED) is 0.144. The number of aromatic nitrogens is 2. The Bertz CT molecular complexity index is 3270. The maximum Gasteiger partial charge on any atom is 0.118 e. The average molecular weight is 799 g/mol. The number of ether oxygens (including phenoxy) is 2. The van der Waals surface area contributed by atoms with Crippen LogP contribution in [-0.2, 0) is 6.42 Å². The first-order valence-electron chi connectivity index (χ1n) is 21.2. The number of nitrogens with zero attached hydrogens (tertiary/aromatic N) is 2. The van der Waals surface area contributed by atoms with Gasteiger partial charge in [-0.25, -0.2) is 0 Å². The van der Waals surface area contributed by atoms with Crippen molar-refractivity contribution in [1.29, 1.82) is 0 Å². The number of hydrogen-bond donors (Lipinski definition) is 0. The second-order valence-electron chi connectivity index (χ2n) is 15.8. The fraction of sp³-hybridized carbons (Fsp3) is 0.0690. The third-order valence-electron chi connectivity index (χ3n) is 12.5. The van der Waals surface area contributed by atoms with Gasteiger partial charge in [0.2, 0.25) is 0 Å². The molecule has 0 bridgehead atoms. The minimum absolute atomic E-state index is 0.847. The normalized spacial score (nSPS) is 12.2. The first kappa shape index (κ1) is 37.2. The molecule has 11 rings (SSSR count). The van der Waals surface area contributed by atoms with E-state index in [4.69, 9.17) is 19.4 Å². The van der Waals surface area contributed by atoms with Crippen LogP contribution in [0.3, 0.4) is 0 Å². The first-order chi connectivity index (χ1) is 30.7. The number of methoxy groups -OCH3 is 2. The van der Waals surface area contributed by atoms with E-state index in [1.807, 2.05) is 12.1 Å². The van der Waals surface area contributed by atoms with E-state index >= 15 is 0 Å². The molecule has 4 nitrogen and oxygen atoms in total. The van der Waals surface area contributed by atoms with Crippen molar-refractivity contribution in [3.63, 3.8) is 0 Å². The molecule has 0 radical (unpaired) electrons. The van der Waals surface area contributed by atoms with Crippen molar-refractivity contribution >= 4 is 38.4 Å². The van der Waals surface area contributed by atoms with Crippen LogP contribution in [0.25, 0.3) is 105 Å². The molecular weight excluding hydrogens is 757 g/mol. The number of rotatable bonds is 8. The summed E-state index contributed by atoms with van der Waals surface area (Å²) in [5.41, 5.74) is 16.2. The van der Waals surface area contributed by atoms with E-state index < -0.39 is 0 Å².